The molecule has 1 atom stereocenters. The van der Waals surface area contributed by atoms with Gasteiger partial charge in [-0.3, -0.25) is 15.1 Å². The third kappa shape index (κ3) is 4.40. The van der Waals surface area contributed by atoms with E-state index >= 15 is 0 Å². The molecule has 7 heteroatoms. The average Bonchev–Trinajstić information content (AvgIpc) is 2.71. The normalized spacial score (nSPS) is 15.9. The number of hydrogen-bond acceptors (Lipinski definition) is 6. The van der Waals surface area contributed by atoms with Crippen molar-refractivity contribution in [3.05, 3.63) is 94.0 Å². The van der Waals surface area contributed by atoms with Crippen LogP contribution in [-0.2, 0) is 9.53 Å². The van der Waals surface area contributed by atoms with Crippen LogP contribution in [0.2, 0.25) is 0 Å². The van der Waals surface area contributed by atoms with E-state index in [1.807, 2.05) is 26.0 Å². The highest BCUT2D eigenvalue weighted by atomic mass is 16.6. The number of esters is 1. The summed E-state index contributed by atoms with van der Waals surface area (Å²) in [5.74, 6) is -0.716. The van der Waals surface area contributed by atoms with Crippen molar-refractivity contribution in [1.82, 2.24) is 10.3 Å². The molecule has 1 aliphatic rings. The van der Waals surface area contributed by atoms with Crippen molar-refractivity contribution in [1.29, 1.82) is 0 Å². The summed E-state index contributed by atoms with van der Waals surface area (Å²) in [6.45, 7) is 7.46. The number of pyridine rings is 1. The van der Waals surface area contributed by atoms with E-state index in [-0.39, 0.29) is 18.2 Å². The zero-order valence-electron chi connectivity index (χ0n) is 16.2. The van der Waals surface area contributed by atoms with Crippen molar-refractivity contribution in [2.24, 2.45) is 0 Å². The molecule has 2 heterocycles. The second-order valence-corrected chi connectivity index (χ2v) is 6.66. The molecule has 7 nitrogen and oxygen atoms in total. The molecule has 0 amide bonds. The number of carbonyl (C=O) groups excluding carboxylic acids is 1. The SMILES string of the molecule is C=CCOC(=O)C1=C(C)NC(C)=CC1c1ccc(-c2cccc([N+](=O)[O-])c2)nc1. The number of benzene rings is 1. The number of ether oxygens (including phenoxy) is 1. The van der Waals surface area contributed by atoms with Gasteiger partial charge in [-0.05, 0) is 25.5 Å². The first-order valence-electron chi connectivity index (χ1n) is 9.05. The van der Waals surface area contributed by atoms with E-state index in [2.05, 4.69) is 16.9 Å². The van der Waals surface area contributed by atoms with Crippen LogP contribution in [0.4, 0.5) is 5.69 Å². The Morgan fingerprint density at radius 1 is 1.34 bits per heavy atom. The summed E-state index contributed by atoms with van der Waals surface area (Å²) in [5, 5.41) is 14.2. The van der Waals surface area contributed by atoms with Gasteiger partial charge < -0.3 is 10.1 Å². The zero-order valence-corrected chi connectivity index (χ0v) is 16.2. The molecule has 29 heavy (non-hydrogen) atoms. The molecular formula is C22H21N3O4. The quantitative estimate of drug-likeness (QED) is 0.342. The number of non-ortho nitro benzene ring substituents is 1. The van der Waals surface area contributed by atoms with E-state index in [9.17, 15) is 14.9 Å². The summed E-state index contributed by atoms with van der Waals surface area (Å²) < 4.78 is 5.25. The summed E-state index contributed by atoms with van der Waals surface area (Å²) in [5.41, 5.74) is 4.27. The first-order valence-corrected chi connectivity index (χ1v) is 9.05. The Kier molecular flexibility index (Phi) is 5.87. The van der Waals surface area contributed by atoms with E-state index in [0.717, 1.165) is 17.0 Å². The second-order valence-electron chi connectivity index (χ2n) is 6.66. The smallest absolute Gasteiger partial charge is 0.337 e. The van der Waals surface area contributed by atoms with Gasteiger partial charge in [-0.1, -0.05) is 36.9 Å². The lowest BCUT2D eigenvalue weighted by molar-refractivity contribution is -0.384. The molecule has 1 unspecified atom stereocenters. The molecule has 0 spiro atoms. The number of nitro benzene ring substituents is 1. The van der Waals surface area contributed by atoms with E-state index in [0.29, 0.717) is 16.8 Å². The summed E-state index contributed by atoms with van der Waals surface area (Å²) >= 11 is 0. The van der Waals surface area contributed by atoms with Gasteiger partial charge >= 0.3 is 5.97 Å². The molecule has 0 bridgehead atoms. The second kappa shape index (κ2) is 8.52. The van der Waals surface area contributed by atoms with E-state index in [1.54, 1.807) is 24.4 Å². The first-order chi connectivity index (χ1) is 13.9. The molecule has 0 fully saturated rings. The maximum absolute atomic E-state index is 12.6. The predicted molar refractivity (Wildman–Crippen MR) is 110 cm³/mol. The first kappa shape index (κ1) is 20.0. The van der Waals surface area contributed by atoms with Crippen LogP contribution in [0.1, 0.15) is 25.3 Å². The van der Waals surface area contributed by atoms with Crippen LogP contribution in [0.5, 0.6) is 0 Å². The van der Waals surface area contributed by atoms with Crippen molar-refractivity contribution >= 4 is 11.7 Å². The highest BCUT2D eigenvalue weighted by Gasteiger charge is 2.28. The van der Waals surface area contributed by atoms with Gasteiger partial charge in [0.1, 0.15) is 6.61 Å². The molecule has 2 aromatic rings. The molecule has 3 rings (SSSR count). The lowest BCUT2D eigenvalue weighted by Crippen LogP contribution is -2.25. The fraction of sp³-hybridized carbons (Fsp3) is 0.182. The molecule has 1 aromatic heterocycles. The number of carbonyl (C=O) groups is 1. The van der Waals surface area contributed by atoms with Gasteiger partial charge in [0.25, 0.3) is 5.69 Å². The Morgan fingerprint density at radius 3 is 2.79 bits per heavy atom. The Labute approximate surface area is 168 Å². The van der Waals surface area contributed by atoms with E-state index < -0.39 is 10.9 Å². The van der Waals surface area contributed by atoms with Gasteiger partial charge in [-0.2, -0.15) is 0 Å². The van der Waals surface area contributed by atoms with Gasteiger partial charge in [0, 0.05) is 41.2 Å². The molecule has 0 aliphatic carbocycles. The largest absolute Gasteiger partial charge is 0.458 e. The number of rotatable bonds is 6. The minimum Gasteiger partial charge on any atom is -0.458 e. The number of nitro groups is 1. The third-order valence-corrected chi connectivity index (χ3v) is 4.57. The monoisotopic (exact) mass is 391 g/mol. The summed E-state index contributed by atoms with van der Waals surface area (Å²) in [6.07, 6.45) is 5.15. The van der Waals surface area contributed by atoms with Gasteiger partial charge in [0.2, 0.25) is 0 Å². The van der Waals surface area contributed by atoms with Crippen LogP contribution in [0.25, 0.3) is 11.3 Å². The van der Waals surface area contributed by atoms with E-state index in [4.69, 9.17) is 4.74 Å². The van der Waals surface area contributed by atoms with Gasteiger partial charge in [-0.15, -0.1) is 0 Å². The molecule has 0 radical (unpaired) electrons. The molecule has 1 aliphatic heterocycles. The van der Waals surface area contributed by atoms with Crippen molar-refractivity contribution in [2.75, 3.05) is 6.61 Å². The van der Waals surface area contributed by atoms with Crippen molar-refractivity contribution in [2.45, 2.75) is 19.8 Å². The summed E-state index contributed by atoms with van der Waals surface area (Å²) in [4.78, 5) is 27.6. The van der Waals surface area contributed by atoms with Crippen molar-refractivity contribution in [3.8, 4) is 11.3 Å². The van der Waals surface area contributed by atoms with Crippen LogP contribution in [-0.4, -0.2) is 22.5 Å². The Balaban J connectivity index is 1.93. The van der Waals surface area contributed by atoms with Gasteiger partial charge in [0.05, 0.1) is 16.2 Å². The maximum atomic E-state index is 12.6. The van der Waals surface area contributed by atoms with Crippen molar-refractivity contribution < 1.29 is 14.5 Å². The maximum Gasteiger partial charge on any atom is 0.337 e. The van der Waals surface area contributed by atoms with Gasteiger partial charge in [0.15, 0.2) is 0 Å². The van der Waals surface area contributed by atoms with Crippen LogP contribution < -0.4 is 5.32 Å². The highest BCUT2D eigenvalue weighted by molar-refractivity contribution is 5.92. The Bertz CT molecular complexity index is 1020. The Morgan fingerprint density at radius 2 is 2.14 bits per heavy atom. The molecule has 148 valence electrons. The fourth-order valence-electron chi connectivity index (χ4n) is 3.27. The van der Waals surface area contributed by atoms with Crippen LogP contribution in [0, 0.1) is 10.1 Å². The highest BCUT2D eigenvalue weighted by Crippen LogP contribution is 2.33. The topological polar surface area (TPSA) is 94.4 Å². The van der Waals surface area contributed by atoms with Crippen LogP contribution >= 0.6 is 0 Å². The minimum absolute atomic E-state index is 0.0103. The number of nitrogens with zero attached hydrogens (tertiary/aromatic N) is 2. The standard InChI is InChI=1S/C22H21N3O4/c1-4-10-29-22(26)21-15(3)24-14(2)11-19(21)17-8-9-20(23-13-17)16-6-5-7-18(12-16)25(27)28/h4-9,11-13,19,24H,1,10H2,2-3H3. The summed E-state index contributed by atoms with van der Waals surface area (Å²) in [7, 11) is 0. The number of dihydropyridines is 1. The fourth-order valence-corrected chi connectivity index (χ4v) is 3.27. The lowest BCUT2D eigenvalue weighted by atomic mass is 9.87. The third-order valence-electron chi connectivity index (χ3n) is 4.57. The number of nitrogens with one attached hydrogen (secondary N) is 1. The number of hydrogen-bond donors (Lipinski definition) is 1. The Hall–Kier alpha value is -3.74. The van der Waals surface area contributed by atoms with E-state index in [1.165, 1.54) is 18.2 Å². The number of allylic oxidation sites excluding steroid dienone is 3. The molecule has 0 saturated carbocycles. The zero-order chi connectivity index (χ0) is 21.0. The molecule has 1 N–H and O–H groups in total. The molecule has 1 aromatic carbocycles. The van der Waals surface area contributed by atoms with Crippen LogP contribution in [0.15, 0.2) is 78.3 Å². The van der Waals surface area contributed by atoms with Gasteiger partial charge in [-0.25, -0.2) is 4.79 Å². The molecule has 0 saturated heterocycles. The lowest BCUT2D eigenvalue weighted by Gasteiger charge is -2.25. The summed E-state index contributed by atoms with van der Waals surface area (Å²) in [6, 6.07) is 9.98. The molecular weight excluding hydrogens is 370 g/mol. The average molecular weight is 391 g/mol. The predicted octanol–water partition coefficient (Wildman–Crippen LogP) is 4.25. The number of aromatic nitrogens is 1. The van der Waals surface area contributed by atoms with Crippen LogP contribution in [0.3, 0.4) is 0 Å². The minimum atomic E-state index is -0.435. The van der Waals surface area contributed by atoms with Crippen molar-refractivity contribution in [3.63, 3.8) is 0 Å².